The summed E-state index contributed by atoms with van der Waals surface area (Å²) in [7, 11) is -0.433. The van der Waals surface area contributed by atoms with Crippen molar-refractivity contribution in [3.05, 3.63) is 42.5 Å². The van der Waals surface area contributed by atoms with Crippen LogP contribution < -0.4 is 19.5 Å². The Balaban J connectivity index is 2.43. The maximum absolute atomic E-state index is 13.0. The van der Waals surface area contributed by atoms with Gasteiger partial charge in [-0.2, -0.15) is 0 Å². The molecular formula is C21H28N2O5S. The second-order valence-electron chi connectivity index (χ2n) is 6.84. The molecule has 0 fully saturated rings. The molecule has 7 nitrogen and oxygen atoms in total. The summed E-state index contributed by atoms with van der Waals surface area (Å²) in [4.78, 5) is 13.0. The summed E-state index contributed by atoms with van der Waals surface area (Å²) in [5.41, 5.74) is 2.09. The van der Waals surface area contributed by atoms with Gasteiger partial charge in [0, 0.05) is 5.56 Å². The number of methoxy groups -OCH3 is 2. The molecule has 0 unspecified atom stereocenters. The zero-order valence-corrected chi connectivity index (χ0v) is 18.2. The second kappa shape index (κ2) is 9.76. The van der Waals surface area contributed by atoms with Crippen LogP contribution in [-0.4, -0.2) is 40.3 Å². The topological polar surface area (TPSA) is 93.7 Å². The highest BCUT2D eigenvalue weighted by Gasteiger charge is 2.28. The van der Waals surface area contributed by atoms with Gasteiger partial charge in [0.05, 0.1) is 25.7 Å². The number of anilines is 1. The predicted molar refractivity (Wildman–Crippen MR) is 115 cm³/mol. The number of carbonyl (C=O) groups excluding carboxylic acids is 1. The van der Waals surface area contributed by atoms with Gasteiger partial charge in [-0.05, 0) is 36.6 Å². The van der Waals surface area contributed by atoms with Crippen LogP contribution in [0.25, 0.3) is 11.1 Å². The van der Waals surface area contributed by atoms with Gasteiger partial charge >= 0.3 is 0 Å². The molecule has 0 aromatic heterocycles. The largest absolute Gasteiger partial charge is 0.497 e. The van der Waals surface area contributed by atoms with Gasteiger partial charge in [-0.15, -0.1) is 0 Å². The molecule has 0 saturated carbocycles. The standard InChI is InChI=1S/C21H28N2O5S/c1-6-29(25,26)23-19(14(2)3)21(24)22-20-17(8-7-9-18(20)28-5)15-10-12-16(27-4)13-11-15/h7-14,19,23H,6H2,1-5H3,(H,22,24)/t19-/m0/s1. The summed E-state index contributed by atoms with van der Waals surface area (Å²) in [5, 5.41) is 2.86. The lowest BCUT2D eigenvalue weighted by Crippen LogP contribution is -2.47. The summed E-state index contributed by atoms with van der Waals surface area (Å²) in [6.07, 6.45) is 0. The van der Waals surface area contributed by atoms with Crippen LogP contribution in [0.2, 0.25) is 0 Å². The fourth-order valence-corrected chi connectivity index (χ4v) is 3.74. The van der Waals surface area contributed by atoms with E-state index in [0.29, 0.717) is 11.4 Å². The van der Waals surface area contributed by atoms with Crippen molar-refractivity contribution in [3.63, 3.8) is 0 Å². The Bertz CT molecular complexity index is 940. The Kier molecular flexibility index (Phi) is 7.64. The van der Waals surface area contributed by atoms with E-state index in [1.807, 2.05) is 36.4 Å². The summed E-state index contributed by atoms with van der Waals surface area (Å²) < 4.78 is 37.1. The van der Waals surface area contributed by atoms with E-state index in [2.05, 4.69) is 10.0 Å². The van der Waals surface area contributed by atoms with Crippen molar-refractivity contribution in [2.75, 3.05) is 25.3 Å². The van der Waals surface area contributed by atoms with Gasteiger partial charge in [-0.3, -0.25) is 4.79 Å². The molecule has 2 aromatic rings. The van der Waals surface area contributed by atoms with Gasteiger partial charge in [0.15, 0.2) is 0 Å². The summed E-state index contributed by atoms with van der Waals surface area (Å²) in [5.74, 6) is 0.408. The van der Waals surface area contributed by atoms with Crippen molar-refractivity contribution >= 4 is 21.6 Å². The molecule has 0 bridgehead atoms. The second-order valence-corrected chi connectivity index (χ2v) is 8.89. The van der Waals surface area contributed by atoms with Crippen LogP contribution in [0.4, 0.5) is 5.69 Å². The molecule has 0 heterocycles. The quantitative estimate of drug-likeness (QED) is 0.649. The average molecular weight is 421 g/mol. The van der Waals surface area contributed by atoms with Crippen LogP contribution in [0, 0.1) is 5.92 Å². The molecule has 2 N–H and O–H groups in total. The summed E-state index contributed by atoms with van der Waals surface area (Å²) in [6.45, 7) is 5.10. The number of nitrogens with one attached hydrogen (secondary N) is 2. The van der Waals surface area contributed by atoms with Crippen LogP contribution in [0.3, 0.4) is 0 Å². The SMILES string of the molecule is CCS(=O)(=O)N[C@H](C(=O)Nc1c(OC)cccc1-c1ccc(OC)cc1)C(C)C. The number of sulfonamides is 1. The van der Waals surface area contributed by atoms with Gasteiger partial charge in [-0.1, -0.05) is 38.1 Å². The number of rotatable bonds is 9. The zero-order chi connectivity index (χ0) is 21.6. The molecule has 0 aliphatic heterocycles. The number of hydrogen-bond donors (Lipinski definition) is 2. The number of amides is 1. The molecule has 2 rings (SSSR count). The lowest BCUT2D eigenvalue weighted by Gasteiger charge is -2.23. The van der Waals surface area contributed by atoms with Crippen LogP contribution >= 0.6 is 0 Å². The van der Waals surface area contributed by atoms with E-state index in [4.69, 9.17) is 9.47 Å². The van der Waals surface area contributed by atoms with Gasteiger partial charge in [0.25, 0.3) is 0 Å². The van der Waals surface area contributed by atoms with Crippen LogP contribution in [-0.2, 0) is 14.8 Å². The molecule has 0 aliphatic rings. The third kappa shape index (κ3) is 5.71. The first-order valence-corrected chi connectivity index (χ1v) is 11.0. The Labute approximate surface area is 172 Å². The normalized spacial score (nSPS) is 12.5. The van der Waals surface area contributed by atoms with Gasteiger partial charge in [0.1, 0.15) is 17.5 Å². The molecule has 2 aromatic carbocycles. The average Bonchev–Trinajstić information content (AvgIpc) is 2.72. The Morgan fingerprint density at radius 3 is 2.21 bits per heavy atom. The number of benzene rings is 2. The molecule has 1 atom stereocenters. The van der Waals surface area contributed by atoms with Crippen LogP contribution in [0.5, 0.6) is 11.5 Å². The third-order valence-electron chi connectivity index (χ3n) is 4.53. The number of hydrogen-bond acceptors (Lipinski definition) is 5. The fraction of sp³-hybridized carbons (Fsp3) is 0.381. The Morgan fingerprint density at radius 1 is 1.03 bits per heavy atom. The first kappa shape index (κ1) is 22.7. The van der Waals surface area contributed by atoms with Crippen molar-refractivity contribution in [2.45, 2.75) is 26.8 Å². The highest BCUT2D eigenvalue weighted by molar-refractivity contribution is 7.89. The number of carbonyl (C=O) groups is 1. The van der Waals surface area contributed by atoms with E-state index >= 15 is 0 Å². The van der Waals surface area contributed by atoms with Crippen molar-refractivity contribution in [1.29, 1.82) is 0 Å². The van der Waals surface area contributed by atoms with Crippen molar-refractivity contribution < 1.29 is 22.7 Å². The predicted octanol–water partition coefficient (Wildman–Crippen LogP) is 3.27. The monoisotopic (exact) mass is 420 g/mol. The van der Waals surface area contributed by atoms with E-state index in [1.54, 1.807) is 27.0 Å². The minimum Gasteiger partial charge on any atom is -0.497 e. The zero-order valence-electron chi connectivity index (χ0n) is 17.4. The molecule has 8 heteroatoms. The highest BCUT2D eigenvalue weighted by Crippen LogP contribution is 2.36. The molecule has 29 heavy (non-hydrogen) atoms. The maximum atomic E-state index is 13.0. The molecule has 0 aliphatic carbocycles. The van der Waals surface area contributed by atoms with E-state index in [1.165, 1.54) is 14.0 Å². The van der Waals surface area contributed by atoms with Gasteiger partial charge in [0.2, 0.25) is 15.9 Å². The number of para-hydroxylation sites is 1. The van der Waals surface area contributed by atoms with Crippen LogP contribution in [0.1, 0.15) is 20.8 Å². The first-order valence-electron chi connectivity index (χ1n) is 9.34. The minimum atomic E-state index is -3.54. The molecule has 0 spiro atoms. The van der Waals surface area contributed by atoms with E-state index < -0.39 is 22.0 Å². The smallest absolute Gasteiger partial charge is 0.242 e. The van der Waals surface area contributed by atoms with Crippen molar-refractivity contribution in [3.8, 4) is 22.6 Å². The molecule has 0 saturated heterocycles. The molecule has 0 radical (unpaired) electrons. The van der Waals surface area contributed by atoms with E-state index in [9.17, 15) is 13.2 Å². The lowest BCUT2D eigenvalue weighted by atomic mass is 10.0. The minimum absolute atomic E-state index is 0.102. The Morgan fingerprint density at radius 2 is 1.69 bits per heavy atom. The maximum Gasteiger partial charge on any atom is 0.242 e. The van der Waals surface area contributed by atoms with E-state index in [-0.39, 0.29) is 11.7 Å². The van der Waals surface area contributed by atoms with Gasteiger partial charge < -0.3 is 14.8 Å². The van der Waals surface area contributed by atoms with Crippen molar-refractivity contribution in [2.24, 2.45) is 5.92 Å². The highest BCUT2D eigenvalue weighted by atomic mass is 32.2. The fourth-order valence-electron chi connectivity index (χ4n) is 2.81. The van der Waals surface area contributed by atoms with E-state index in [0.717, 1.165) is 16.9 Å². The van der Waals surface area contributed by atoms with Gasteiger partial charge in [-0.25, -0.2) is 13.1 Å². The first-order chi connectivity index (χ1) is 13.7. The Hall–Kier alpha value is -2.58. The van der Waals surface area contributed by atoms with Crippen molar-refractivity contribution in [1.82, 2.24) is 4.72 Å². The number of ether oxygens (including phenoxy) is 2. The molecule has 158 valence electrons. The molecule has 1 amide bonds. The lowest BCUT2D eigenvalue weighted by molar-refractivity contribution is -0.118. The van der Waals surface area contributed by atoms with Crippen LogP contribution in [0.15, 0.2) is 42.5 Å². The summed E-state index contributed by atoms with van der Waals surface area (Å²) in [6, 6.07) is 11.9. The molecular weight excluding hydrogens is 392 g/mol. The third-order valence-corrected chi connectivity index (χ3v) is 5.90. The summed E-state index contributed by atoms with van der Waals surface area (Å²) >= 11 is 0.